The number of nitrogens with zero attached hydrogens (tertiary/aromatic N) is 2. The lowest BCUT2D eigenvalue weighted by atomic mass is 9.95. The van der Waals surface area contributed by atoms with Gasteiger partial charge in [0.2, 0.25) is 0 Å². The zero-order valence-electron chi connectivity index (χ0n) is 21.8. The van der Waals surface area contributed by atoms with Crippen LogP contribution in [0.2, 0.25) is 0 Å². The average molecular weight is 495 g/mol. The van der Waals surface area contributed by atoms with E-state index in [9.17, 15) is 14.7 Å². The number of carbonyl (C=O) groups excluding carboxylic acids is 2. The van der Waals surface area contributed by atoms with Gasteiger partial charge in [-0.2, -0.15) is 0 Å². The van der Waals surface area contributed by atoms with Gasteiger partial charge in [0.05, 0.1) is 24.8 Å². The lowest BCUT2D eigenvalue weighted by Gasteiger charge is -2.27. The number of carbonyl (C=O) groups is 2. The van der Waals surface area contributed by atoms with Crippen molar-refractivity contribution in [2.75, 3.05) is 39.4 Å². The summed E-state index contributed by atoms with van der Waals surface area (Å²) in [5, 5.41) is 11.2. The maximum Gasteiger partial charge on any atom is 0.295 e. The zero-order chi connectivity index (χ0) is 26.1. The molecule has 2 aromatic carbocycles. The van der Waals surface area contributed by atoms with Crippen molar-refractivity contribution in [3.63, 3.8) is 0 Å². The van der Waals surface area contributed by atoms with Gasteiger partial charge in [-0.25, -0.2) is 0 Å². The third kappa shape index (κ3) is 6.26. The molecule has 0 aliphatic carbocycles. The Kier molecular flexibility index (Phi) is 9.94. The number of ether oxygens (including phenoxy) is 2. The molecule has 0 bridgehead atoms. The minimum Gasteiger partial charge on any atom is -0.507 e. The fourth-order valence-electron chi connectivity index (χ4n) is 4.46. The Balaban J connectivity index is 1.98. The van der Waals surface area contributed by atoms with Crippen LogP contribution in [0.3, 0.4) is 0 Å². The van der Waals surface area contributed by atoms with Crippen molar-refractivity contribution in [2.24, 2.45) is 0 Å². The number of likely N-dealkylation sites (tertiary alicyclic amines) is 1. The first-order valence-corrected chi connectivity index (χ1v) is 12.9. The SMILES string of the molecule is CCCOc1ccc(C2/C(=C(\O)c3ccc(OCC)cc3)C(=O)C(=O)N2CCCN(CC)CC)cc1. The molecule has 0 saturated carbocycles. The molecule has 3 rings (SSSR count). The van der Waals surface area contributed by atoms with E-state index in [1.807, 2.05) is 38.1 Å². The lowest BCUT2D eigenvalue weighted by molar-refractivity contribution is -0.140. The molecule has 0 aromatic heterocycles. The summed E-state index contributed by atoms with van der Waals surface area (Å²) in [7, 11) is 0. The number of amides is 1. The molecule has 1 saturated heterocycles. The summed E-state index contributed by atoms with van der Waals surface area (Å²) in [6.07, 6.45) is 1.63. The first kappa shape index (κ1) is 27.3. The van der Waals surface area contributed by atoms with E-state index in [1.54, 1.807) is 29.2 Å². The molecular formula is C29H38N2O5. The summed E-state index contributed by atoms with van der Waals surface area (Å²) < 4.78 is 11.2. The summed E-state index contributed by atoms with van der Waals surface area (Å²) >= 11 is 0. The predicted octanol–water partition coefficient (Wildman–Crippen LogP) is 5.03. The number of aliphatic hydroxyl groups excluding tert-OH is 1. The van der Waals surface area contributed by atoms with Crippen molar-refractivity contribution in [3.05, 3.63) is 65.2 Å². The normalized spacial score (nSPS) is 17.1. The van der Waals surface area contributed by atoms with Gasteiger partial charge in [-0.15, -0.1) is 0 Å². The first-order chi connectivity index (χ1) is 17.4. The van der Waals surface area contributed by atoms with Gasteiger partial charge < -0.3 is 24.4 Å². The molecule has 7 heteroatoms. The van der Waals surface area contributed by atoms with Gasteiger partial charge in [-0.1, -0.05) is 32.9 Å². The van der Waals surface area contributed by atoms with Gasteiger partial charge in [0.1, 0.15) is 17.3 Å². The van der Waals surface area contributed by atoms with Crippen LogP contribution in [0.4, 0.5) is 0 Å². The minimum atomic E-state index is -0.673. The second-order valence-corrected chi connectivity index (χ2v) is 8.75. The van der Waals surface area contributed by atoms with Crippen LogP contribution < -0.4 is 9.47 Å². The zero-order valence-corrected chi connectivity index (χ0v) is 21.8. The standard InChI is InChI=1S/C29H38N2O5/c1-5-20-36-24-14-10-21(11-15-24)26-25(27(32)22-12-16-23(17-13-22)35-8-4)28(33)29(34)31(26)19-9-18-30(6-2)7-3/h10-17,26,32H,5-9,18-20H2,1-4H3/b27-25+. The minimum absolute atomic E-state index is 0.106. The molecule has 0 radical (unpaired) electrons. The van der Waals surface area contributed by atoms with Crippen molar-refractivity contribution in [1.29, 1.82) is 0 Å². The van der Waals surface area contributed by atoms with Gasteiger partial charge in [0.15, 0.2) is 0 Å². The quantitative estimate of drug-likeness (QED) is 0.239. The van der Waals surface area contributed by atoms with Gasteiger partial charge in [0.25, 0.3) is 11.7 Å². The van der Waals surface area contributed by atoms with Gasteiger partial charge in [-0.3, -0.25) is 9.59 Å². The third-order valence-electron chi connectivity index (χ3n) is 6.42. The van der Waals surface area contributed by atoms with Crippen LogP contribution in [-0.4, -0.2) is 66.0 Å². The summed E-state index contributed by atoms with van der Waals surface area (Å²) in [5.41, 5.74) is 1.33. The summed E-state index contributed by atoms with van der Waals surface area (Å²) in [5.74, 6) is -0.0338. The number of Topliss-reactive ketones (excluding diaryl/α,β-unsaturated/α-hetero) is 1. The van der Waals surface area contributed by atoms with E-state index in [2.05, 4.69) is 18.7 Å². The number of hydrogen-bond acceptors (Lipinski definition) is 6. The number of ketones is 1. The monoisotopic (exact) mass is 494 g/mol. The van der Waals surface area contributed by atoms with Crippen LogP contribution >= 0.6 is 0 Å². The lowest BCUT2D eigenvalue weighted by Crippen LogP contribution is -2.33. The fourth-order valence-corrected chi connectivity index (χ4v) is 4.46. The van der Waals surface area contributed by atoms with Gasteiger partial charge >= 0.3 is 0 Å². The number of aliphatic hydroxyl groups is 1. The van der Waals surface area contributed by atoms with E-state index in [1.165, 1.54) is 0 Å². The molecule has 1 amide bonds. The Morgan fingerprint density at radius 1 is 0.917 bits per heavy atom. The molecule has 1 fully saturated rings. The fraction of sp³-hybridized carbons (Fsp3) is 0.448. The highest BCUT2D eigenvalue weighted by Gasteiger charge is 2.45. The largest absolute Gasteiger partial charge is 0.507 e. The van der Waals surface area contributed by atoms with Gasteiger partial charge in [0, 0.05) is 12.1 Å². The van der Waals surface area contributed by atoms with E-state index in [4.69, 9.17) is 9.47 Å². The summed E-state index contributed by atoms with van der Waals surface area (Å²) in [4.78, 5) is 30.3. The molecule has 36 heavy (non-hydrogen) atoms. The van der Waals surface area contributed by atoms with E-state index in [0.29, 0.717) is 31.1 Å². The number of rotatable bonds is 13. The number of hydrogen-bond donors (Lipinski definition) is 1. The van der Waals surface area contributed by atoms with Crippen LogP contribution in [0, 0.1) is 0 Å². The highest BCUT2D eigenvalue weighted by Crippen LogP contribution is 2.40. The Hall–Kier alpha value is -3.32. The number of benzene rings is 2. The molecule has 0 spiro atoms. The highest BCUT2D eigenvalue weighted by molar-refractivity contribution is 6.46. The molecule has 1 heterocycles. The predicted molar refractivity (Wildman–Crippen MR) is 141 cm³/mol. The molecule has 1 aliphatic rings. The van der Waals surface area contributed by atoms with E-state index >= 15 is 0 Å². The first-order valence-electron chi connectivity index (χ1n) is 12.9. The molecule has 7 nitrogen and oxygen atoms in total. The molecule has 1 unspecified atom stereocenters. The average Bonchev–Trinajstić information content (AvgIpc) is 3.15. The van der Waals surface area contributed by atoms with Crippen molar-refractivity contribution in [2.45, 2.75) is 46.6 Å². The van der Waals surface area contributed by atoms with Crippen LogP contribution in [-0.2, 0) is 9.59 Å². The van der Waals surface area contributed by atoms with Crippen LogP contribution in [0.5, 0.6) is 11.5 Å². The summed E-state index contributed by atoms with van der Waals surface area (Å²) in [6, 6.07) is 13.6. The van der Waals surface area contributed by atoms with Crippen LogP contribution in [0.15, 0.2) is 54.1 Å². The van der Waals surface area contributed by atoms with E-state index in [0.717, 1.165) is 43.8 Å². The van der Waals surface area contributed by atoms with Gasteiger partial charge in [-0.05, 0) is 81.4 Å². The van der Waals surface area contributed by atoms with Crippen LogP contribution in [0.25, 0.3) is 5.76 Å². The van der Waals surface area contributed by atoms with Crippen molar-refractivity contribution in [3.8, 4) is 11.5 Å². The topological polar surface area (TPSA) is 79.3 Å². The second kappa shape index (κ2) is 13.1. The maximum absolute atomic E-state index is 13.2. The van der Waals surface area contributed by atoms with Crippen molar-refractivity contribution >= 4 is 17.4 Å². The molecular weight excluding hydrogens is 456 g/mol. The Morgan fingerprint density at radius 2 is 1.53 bits per heavy atom. The molecule has 2 aromatic rings. The maximum atomic E-state index is 13.2. The summed E-state index contributed by atoms with van der Waals surface area (Å²) in [6.45, 7) is 12.4. The molecule has 1 N–H and O–H groups in total. The Morgan fingerprint density at radius 3 is 2.11 bits per heavy atom. The third-order valence-corrected chi connectivity index (χ3v) is 6.42. The van der Waals surface area contributed by atoms with Crippen LogP contribution in [0.1, 0.15) is 57.7 Å². The Labute approximate surface area is 214 Å². The highest BCUT2D eigenvalue weighted by atomic mass is 16.5. The van der Waals surface area contributed by atoms with E-state index in [-0.39, 0.29) is 11.3 Å². The molecule has 194 valence electrons. The van der Waals surface area contributed by atoms with Crippen molar-refractivity contribution in [1.82, 2.24) is 9.80 Å². The van der Waals surface area contributed by atoms with Crippen molar-refractivity contribution < 1.29 is 24.2 Å². The van der Waals surface area contributed by atoms with E-state index < -0.39 is 17.7 Å². The smallest absolute Gasteiger partial charge is 0.295 e. The molecule has 1 atom stereocenters. The molecule has 1 aliphatic heterocycles. The Bertz CT molecular complexity index is 1040. The second-order valence-electron chi connectivity index (χ2n) is 8.75.